The number of hydrogen-bond donors (Lipinski definition) is 1. The van der Waals surface area contributed by atoms with E-state index in [0.29, 0.717) is 11.6 Å². The first-order chi connectivity index (χ1) is 10.5. The summed E-state index contributed by atoms with van der Waals surface area (Å²) in [7, 11) is 1.93. The highest BCUT2D eigenvalue weighted by atomic mass is 32.2. The average molecular weight is 320 g/mol. The van der Waals surface area contributed by atoms with Crippen molar-refractivity contribution >= 4 is 23.4 Å². The lowest BCUT2D eigenvalue weighted by atomic mass is 10.3. The van der Waals surface area contributed by atoms with Crippen molar-refractivity contribution in [1.82, 2.24) is 14.8 Å². The Morgan fingerprint density at radius 1 is 1.36 bits per heavy atom. The second kappa shape index (κ2) is 6.08. The highest BCUT2D eigenvalue weighted by molar-refractivity contribution is 8.00. The Balaban J connectivity index is 1.62. The molecule has 1 aromatic carbocycles. The van der Waals surface area contributed by atoms with E-state index in [1.807, 2.05) is 18.5 Å². The van der Waals surface area contributed by atoms with Crippen molar-refractivity contribution in [3.63, 3.8) is 0 Å². The molecule has 1 heterocycles. The van der Waals surface area contributed by atoms with Gasteiger partial charge in [0.15, 0.2) is 5.16 Å². The van der Waals surface area contributed by atoms with E-state index in [1.165, 1.54) is 36.0 Å². The van der Waals surface area contributed by atoms with Gasteiger partial charge < -0.3 is 9.88 Å². The van der Waals surface area contributed by atoms with E-state index in [-0.39, 0.29) is 17.0 Å². The Bertz CT molecular complexity index is 681. The van der Waals surface area contributed by atoms with E-state index in [1.54, 1.807) is 0 Å². The molecular formula is C15H17FN4OS. The fraction of sp³-hybridized carbons (Fsp3) is 0.400. The molecule has 3 rings (SSSR count). The molecule has 2 aromatic rings. The monoisotopic (exact) mass is 320 g/mol. The average Bonchev–Trinajstić information content (AvgIpc) is 3.27. The van der Waals surface area contributed by atoms with E-state index >= 15 is 0 Å². The summed E-state index contributed by atoms with van der Waals surface area (Å²) in [6.45, 7) is 1.81. The summed E-state index contributed by atoms with van der Waals surface area (Å²) in [5, 5.41) is 11.6. The number of anilines is 1. The summed E-state index contributed by atoms with van der Waals surface area (Å²) in [5.41, 5.74) is 0.579. The minimum Gasteiger partial charge on any atom is -0.325 e. The zero-order chi connectivity index (χ0) is 15.7. The number of carbonyl (C=O) groups excluding carboxylic acids is 1. The van der Waals surface area contributed by atoms with Crippen LogP contribution in [0.25, 0.3) is 0 Å². The summed E-state index contributed by atoms with van der Waals surface area (Å²) < 4.78 is 14.8. The topological polar surface area (TPSA) is 59.8 Å². The Kier molecular flexibility index (Phi) is 4.15. The van der Waals surface area contributed by atoms with Gasteiger partial charge in [-0.05, 0) is 44.0 Å². The van der Waals surface area contributed by atoms with E-state index in [9.17, 15) is 9.18 Å². The van der Waals surface area contributed by atoms with E-state index in [4.69, 9.17) is 0 Å². The predicted octanol–water partition coefficient (Wildman–Crippen LogP) is 2.95. The van der Waals surface area contributed by atoms with Gasteiger partial charge in [0.05, 0.1) is 5.25 Å². The third-order valence-electron chi connectivity index (χ3n) is 3.57. The van der Waals surface area contributed by atoms with Gasteiger partial charge >= 0.3 is 0 Å². The van der Waals surface area contributed by atoms with Crippen molar-refractivity contribution in [3.8, 4) is 0 Å². The maximum atomic E-state index is 12.9. The highest BCUT2D eigenvalue weighted by Crippen LogP contribution is 2.39. The van der Waals surface area contributed by atoms with Gasteiger partial charge in [-0.25, -0.2) is 4.39 Å². The maximum Gasteiger partial charge on any atom is 0.237 e. The number of thioether (sulfide) groups is 1. The molecular weight excluding hydrogens is 303 g/mol. The summed E-state index contributed by atoms with van der Waals surface area (Å²) in [5.74, 6) is 1.04. The number of benzene rings is 1. The molecule has 1 atom stereocenters. The van der Waals surface area contributed by atoms with Crippen LogP contribution in [0.4, 0.5) is 10.1 Å². The Morgan fingerprint density at radius 2 is 2.05 bits per heavy atom. The Hall–Kier alpha value is -1.89. The van der Waals surface area contributed by atoms with Gasteiger partial charge in [0.2, 0.25) is 5.91 Å². The molecule has 1 amide bonds. The van der Waals surface area contributed by atoms with Gasteiger partial charge in [0, 0.05) is 18.7 Å². The van der Waals surface area contributed by atoms with Gasteiger partial charge in [-0.3, -0.25) is 4.79 Å². The van der Waals surface area contributed by atoms with Gasteiger partial charge in [-0.15, -0.1) is 10.2 Å². The van der Waals surface area contributed by atoms with E-state index < -0.39 is 0 Å². The number of halogens is 1. The van der Waals surface area contributed by atoms with Gasteiger partial charge in [0.1, 0.15) is 11.6 Å². The van der Waals surface area contributed by atoms with Crippen LogP contribution in [-0.4, -0.2) is 25.9 Å². The second-order valence-corrected chi connectivity index (χ2v) is 6.74. The van der Waals surface area contributed by atoms with Crippen LogP contribution in [-0.2, 0) is 11.8 Å². The number of hydrogen-bond acceptors (Lipinski definition) is 4. The molecule has 1 N–H and O–H groups in total. The third-order valence-corrected chi connectivity index (χ3v) is 4.71. The van der Waals surface area contributed by atoms with Crippen molar-refractivity contribution in [2.24, 2.45) is 7.05 Å². The lowest BCUT2D eigenvalue weighted by Crippen LogP contribution is -2.22. The van der Waals surface area contributed by atoms with Crippen molar-refractivity contribution in [1.29, 1.82) is 0 Å². The van der Waals surface area contributed by atoms with Crippen LogP contribution < -0.4 is 5.32 Å². The van der Waals surface area contributed by atoms with Crippen LogP contribution in [0, 0.1) is 5.82 Å². The van der Waals surface area contributed by atoms with Crippen LogP contribution in [0.3, 0.4) is 0 Å². The van der Waals surface area contributed by atoms with Crippen LogP contribution in [0.2, 0.25) is 0 Å². The molecule has 1 aliphatic carbocycles. The standard InChI is InChI=1S/C15H17FN4OS/c1-9(14(21)17-12-7-5-11(16)6-8-12)22-15-19-18-13(20(15)2)10-3-4-10/h5-10H,3-4H2,1-2H3,(H,17,21)/t9-/m1/s1. The maximum absolute atomic E-state index is 12.9. The first kappa shape index (κ1) is 15.0. The van der Waals surface area contributed by atoms with Crippen molar-refractivity contribution in [2.75, 3.05) is 5.32 Å². The summed E-state index contributed by atoms with van der Waals surface area (Å²) in [6, 6.07) is 5.71. The Labute approximate surface area is 132 Å². The molecule has 1 aliphatic rings. The number of amides is 1. The number of rotatable bonds is 5. The fourth-order valence-electron chi connectivity index (χ4n) is 2.11. The molecule has 1 aromatic heterocycles. The molecule has 0 aliphatic heterocycles. The first-order valence-electron chi connectivity index (χ1n) is 7.17. The van der Waals surface area contributed by atoms with Crippen LogP contribution in [0.1, 0.15) is 31.5 Å². The number of carbonyl (C=O) groups is 1. The molecule has 0 bridgehead atoms. The lowest BCUT2D eigenvalue weighted by Gasteiger charge is -2.11. The highest BCUT2D eigenvalue weighted by Gasteiger charge is 2.30. The molecule has 0 radical (unpaired) electrons. The quantitative estimate of drug-likeness (QED) is 0.861. The molecule has 7 heteroatoms. The molecule has 5 nitrogen and oxygen atoms in total. The van der Waals surface area contributed by atoms with Gasteiger partial charge in [-0.1, -0.05) is 11.8 Å². The largest absolute Gasteiger partial charge is 0.325 e. The zero-order valence-corrected chi connectivity index (χ0v) is 13.2. The molecule has 1 saturated carbocycles. The summed E-state index contributed by atoms with van der Waals surface area (Å²) in [6.07, 6.45) is 2.33. The van der Waals surface area contributed by atoms with Crippen LogP contribution >= 0.6 is 11.8 Å². The lowest BCUT2D eigenvalue weighted by molar-refractivity contribution is -0.115. The third kappa shape index (κ3) is 3.30. The normalized spacial score (nSPS) is 15.6. The van der Waals surface area contributed by atoms with Gasteiger partial charge in [0.25, 0.3) is 0 Å². The molecule has 1 fully saturated rings. The van der Waals surface area contributed by atoms with E-state index in [0.717, 1.165) is 23.8 Å². The summed E-state index contributed by atoms with van der Waals surface area (Å²) >= 11 is 1.37. The zero-order valence-electron chi connectivity index (χ0n) is 12.4. The molecule has 22 heavy (non-hydrogen) atoms. The molecule has 116 valence electrons. The summed E-state index contributed by atoms with van der Waals surface area (Å²) in [4.78, 5) is 12.2. The minimum absolute atomic E-state index is 0.146. The fourth-order valence-corrected chi connectivity index (χ4v) is 2.94. The second-order valence-electron chi connectivity index (χ2n) is 5.43. The van der Waals surface area contributed by atoms with Crippen molar-refractivity contribution in [2.45, 2.75) is 36.1 Å². The SMILES string of the molecule is C[C@@H](Sc1nnc(C2CC2)n1C)C(=O)Nc1ccc(F)cc1. The molecule has 0 unspecified atom stereocenters. The Morgan fingerprint density at radius 3 is 2.68 bits per heavy atom. The molecule has 0 spiro atoms. The number of nitrogens with one attached hydrogen (secondary N) is 1. The predicted molar refractivity (Wildman–Crippen MR) is 83.3 cm³/mol. The smallest absolute Gasteiger partial charge is 0.237 e. The van der Waals surface area contributed by atoms with Crippen molar-refractivity contribution in [3.05, 3.63) is 35.9 Å². The van der Waals surface area contributed by atoms with Crippen molar-refractivity contribution < 1.29 is 9.18 Å². The van der Waals surface area contributed by atoms with Gasteiger partial charge in [-0.2, -0.15) is 0 Å². The minimum atomic E-state index is -0.327. The number of aromatic nitrogens is 3. The first-order valence-corrected chi connectivity index (χ1v) is 8.05. The van der Waals surface area contributed by atoms with E-state index in [2.05, 4.69) is 15.5 Å². The van der Waals surface area contributed by atoms with Crippen LogP contribution in [0.15, 0.2) is 29.4 Å². The number of nitrogens with zero attached hydrogens (tertiary/aromatic N) is 3. The van der Waals surface area contributed by atoms with Crippen LogP contribution in [0.5, 0.6) is 0 Å². The molecule has 0 saturated heterocycles.